The summed E-state index contributed by atoms with van der Waals surface area (Å²) < 4.78 is 1.83. The minimum absolute atomic E-state index is 0.0333. The highest BCUT2D eigenvalue weighted by molar-refractivity contribution is 9.10. The van der Waals surface area contributed by atoms with Crippen molar-refractivity contribution in [3.63, 3.8) is 0 Å². The van der Waals surface area contributed by atoms with E-state index in [4.69, 9.17) is 0 Å². The summed E-state index contributed by atoms with van der Waals surface area (Å²) in [5.74, 6) is -1.43. The number of aldehydes is 1. The van der Waals surface area contributed by atoms with Crippen LogP contribution in [0.1, 0.15) is 0 Å². The van der Waals surface area contributed by atoms with Gasteiger partial charge in [0.25, 0.3) is 5.69 Å². The first kappa shape index (κ1) is 24.3. The molecule has 4 N–H and O–H groups in total. The van der Waals surface area contributed by atoms with Crippen LogP contribution in [0.2, 0.25) is 0 Å². The number of carbonyl (C=O) groups excluding carboxylic acids is 2. The van der Waals surface area contributed by atoms with Crippen LogP contribution in [-0.2, 0) is 9.59 Å². The maximum Gasteiger partial charge on any atom is 0.352 e. The number of aliphatic imine (C=N–C) groups is 1. The highest BCUT2D eigenvalue weighted by Gasteiger charge is 2.30. The zero-order valence-corrected chi connectivity index (χ0v) is 19.6. The van der Waals surface area contributed by atoms with Gasteiger partial charge in [0, 0.05) is 29.0 Å². The fourth-order valence-corrected chi connectivity index (χ4v) is 3.79. The molecule has 1 aliphatic heterocycles. The Bertz CT molecular complexity index is 1520. The number of amides is 2. The largest absolute Gasteiger partial charge is 0.477 e. The number of carboxylic acids is 1. The van der Waals surface area contributed by atoms with Gasteiger partial charge in [0.15, 0.2) is 5.71 Å². The minimum Gasteiger partial charge on any atom is -0.477 e. The molecule has 0 saturated carbocycles. The predicted octanol–water partition coefficient (Wildman–Crippen LogP) is 3.30. The van der Waals surface area contributed by atoms with Crippen LogP contribution in [0.25, 0.3) is 5.69 Å². The van der Waals surface area contributed by atoms with Crippen molar-refractivity contribution in [2.24, 2.45) is 4.99 Å². The fraction of sp³-hybridized carbons (Fsp3) is 0.0455. The lowest BCUT2D eigenvalue weighted by Crippen LogP contribution is -2.38. The number of carboxylic acid groups (broad SMARTS) is 1. The number of carbonyl (C=O) groups is 3. The van der Waals surface area contributed by atoms with Crippen LogP contribution >= 0.6 is 15.9 Å². The Morgan fingerprint density at radius 1 is 1.19 bits per heavy atom. The summed E-state index contributed by atoms with van der Waals surface area (Å²) in [5.41, 5.74) is -1.14. The maximum atomic E-state index is 12.5. The van der Waals surface area contributed by atoms with Gasteiger partial charge in [-0.2, -0.15) is 0 Å². The number of para-hydroxylation sites is 1. The summed E-state index contributed by atoms with van der Waals surface area (Å²) in [6, 6.07) is 8.24. The lowest BCUT2D eigenvalue weighted by atomic mass is 10.1. The molecule has 2 heterocycles. The third-order valence-electron chi connectivity index (χ3n) is 5.06. The van der Waals surface area contributed by atoms with Gasteiger partial charge >= 0.3 is 12.0 Å². The second-order valence-corrected chi connectivity index (χ2v) is 8.22. The third-order valence-corrected chi connectivity index (χ3v) is 5.75. The molecule has 0 saturated heterocycles. The van der Waals surface area contributed by atoms with E-state index in [1.807, 2.05) is 0 Å². The molecule has 1 atom stereocenters. The topological polar surface area (TPSA) is 185 Å². The molecule has 2 amide bonds. The van der Waals surface area contributed by atoms with Crippen molar-refractivity contribution < 1.29 is 24.4 Å². The Morgan fingerprint density at radius 2 is 1.92 bits per heavy atom. The first-order valence-electron chi connectivity index (χ1n) is 10.1. The molecule has 0 radical (unpaired) electrons. The van der Waals surface area contributed by atoms with Crippen LogP contribution in [0, 0.1) is 10.1 Å². The van der Waals surface area contributed by atoms with Gasteiger partial charge in [-0.25, -0.2) is 14.6 Å². The van der Waals surface area contributed by atoms with Crippen molar-refractivity contribution in [1.29, 1.82) is 0 Å². The van der Waals surface area contributed by atoms with Gasteiger partial charge in [-0.1, -0.05) is 12.1 Å². The van der Waals surface area contributed by atoms with E-state index in [0.717, 1.165) is 12.1 Å². The third kappa shape index (κ3) is 4.83. The zero-order chi connectivity index (χ0) is 26.0. The molecule has 1 aliphatic rings. The SMILES string of the molecule is O=CC1Nc2cc([N+](=O)[O-])c(-n3ccc(=O)c(NC(=O)Nc4ccccc4Br)c3)cc2N=C1C(=O)O. The van der Waals surface area contributed by atoms with E-state index < -0.39 is 39.8 Å². The number of hydrogen-bond donors (Lipinski definition) is 4. The molecule has 182 valence electrons. The lowest BCUT2D eigenvalue weighted by Gasteiger charge is -2.22. The minimum atomic E-state index is -1.43. The Hall–Kier alpha value is -4.85. The molecule has 14 heteroatoms. The van der Waals surface area contributed by atoms with Crippen molar-refractivity contribution in [1.82, 2.24) is 4.57 Å². The number of nitro benzene ring substituents is 1. The van der Waals surface area contributed by atoms with Crippen molar-refractivity contribution in [2.75, 3.05) is 16.0 Å². The average molecular weight is 555 g/mol. The van der Waals surface area contributed by atoms with E-state index >= 15 is 0 Å². The summed E-state index contributed by atoms with van der Waals surface area (Å²) in [6.07, 6.45) is 2.76. The van der Waals surface area contributed by atoms with E-state index in [-0.39, 0.29) is 22.7 Å². The Morgan fingerprint density at radius 3 is 2.58 bits per heavy atom. The van der Waals surface area contributed by atoms with Crippen LogP contribution < -0.4 is 21.4 Å². The normalized spacial score (nSPS) is 14.0. The van der Waals surface area contributed by atoms with Crippen LogP contribution in [0.3, 0.4) is 0 Å². The molecule has 1 aromatic heterocycles. The van der Waals surface area contributed by atoms with E-state index in [0.29, 0.717) is 16.4 Å². The van der Waals surface area contributed by atoms with E-state index in [9.17, 15) is 34.4 Å². The number of aliphatic carboxylic acids is 1. The Balaban J connectivity index is 1.73. The summed E-state index contributed by atoms with van der Waals surface area (Å²) >= 11 is 3.30. The zero-order valence-electron chi connectivity index (χ0n) is 18.0. The summed E-state index contributed by atoms with van der Waals surface area (Å²) in [4.78, 5) is 62.6. The average Bonchev–Trinajstić information content (AvgIpc) is 2.85. The van der Waals surface area contributed by atoms with Gasteiger partial charge < -0.3 is 30.4 Å². The quantitative estimate of drug-likeness (QED) is 0.203. The highest BCUT2D eigenvalue weighted by atomic mass is 79.9. The molecule has 2 aromatic carbocycles. The number of nitro groups is 1. The van der Waals surface area contributed by atoms with Crippen molar-refractivity contribution in [3.05, 3.63) is 79.7 Å². The van der Waals surface area contributed by atoms with Crippen LogP contribution in [0.15, 0.2) is 69.1 Å². The number of aromatic nitrogens is 1. The summed E-state index contributed by atoms with van der Waals surface area (Å²) in [7, 11) is 0. The number of benzene rings is 2. The smallest absolute Gasteiger partial charge is 0.352 e. The first-order valence-corrected chi connectivity index (χ1v) is 10.9. The number of nitrogens with one attached hydrogen (secondary N) is 3. The molecule has 4 rings (SSSR count). The number of pyridine rings is 1. The number of halogens is 1. The molecule has 0 spiro atoms. The second kappa shape index (κ2) is 9.79. The number of fused-ring (bicyclic) bond motifs is 1. The van der Waals surface area contributed by atoms with E-state index in [1.165, 1.54) is 23.0 Å². The van der Waals surface area contributed by atoms with Crippen molar-refractivity contribution in [3.8, 4) is 5.69 Å². The predicted molar refractivity (Wildman–Crippen MR) is 134 cm³/mol. The van der Waals surface area contributed by atoms with E-state index in [2.05, 4.69) is 36.9 Å². The first-order chi connectivity index (χ1) is 17.2. The Kier molecular flexibility index (Phi) is 6.60. The number of urea groups is 1. The van der Waals surface area contributed by atoms with Gasteiger partial charge in [-0.3, -0.25) is 14.9 Å². The summed E-state index contributed by atoms with van der Waals surface area (Å²) in [5, 5.41) is 28.7. The molecule has 3 aromatic rings. The molecule has 36 heavy (non-hydrogen) atoms. The van der Waals surface area contributed by atoms with Gasteiger partial charge in [0.1, 0.15) is 23.7 Å². The summed E-state index contributed by atoms with van der Waals surface area (Å²) in [6.45, 7) is 0. The number of rotatable bonds is 6. The monoisotopic (exact) mass is 554 g/mol. The maximum absolute atomic E-state index is 12.5. The van der Waals surface area contributed by atoms with Gasteiger partial charge in [0.05, 0.1) is 22.0 Å². The van der Waals surface area contributed by atoms with Crippen molar-refractivity contribution in [2.45, 2.75) is 6.04 Å². The van der Waals surface area contributed by atoms with Gasteiger partial charge in [0.2, 0.25) is 5.43 Å². The van der Waals surface area contributed by atoms with Crippen molar-refractivity contribution >= 4 is 68.4 Å². The molecular formula is C22H15BrN6O7. The standard InChI is InChI=1S/C22H15BrN6O7/c23-11-3-1-2-4-12(11)26-22(34)27-15-9-28(6-5-19(15)31)17-7-14-13(8-18(17)29(35)36)24-16(10-30)20(25-14)21(32)33/h1-10,16,24H,(H,32,33)(H2,26,27,34). The van der Waals surface area contributed by atoms with Crippen LogP contribution in [-0.4, -0.2) is 44.6 Å². The van der Waals surface area contributed by atoms with Gasteiger partial charge in [-0.05, 0) is 34.1 Å². The van der Waals surface area contributed by atoms with Crippen LogP contribution in [0.4, 0.5) is 33.2 Å². The second-order valence-electron chi connectivity index (χ2n) is 7.36. The number of hydrogen-bond acceptors (Lipinski definition) is 8. The molecular weight excluding hydrogens is 540 g/mol. The molecule has 13 nitrogen and oxygen atoms in total. The molecule has 0 aliphatic carbocycles. The fourth-order valence-electron chi connectivity index (χ4n) is 3.41. The molecule has 0 fully saturated rings. The number of nitrogens with zero attached hydrogens (tertiary/aromatic N) is 3. The van der Waals surface area contributed by atoms with Crippen LogP contribution in [0.5, 0.6) is 0 Å². The van der Waals surface area contributed by atoms with Gasteiger partial charge in [-0.15, -0.1) is 0 Å². The number of anilines is 3. The molecule has 1 unspecified atom stereocenters. The lowest BCUT2D eigenvalue weighted by molar-refractivity contribution is -0.384. The molecule has 0 bridgehead atoms. The van der Waals surface area contributed by atoms with E-state index in [1.54, 1.807) is 24.3 Å². The highest BCUT2D eigenvalue weighted by Crippen LogP contribution is 2.38. The Labute approximate surface area is 209 Å².